The van der Waals surface area contributed by atoms with Gasteiger partial charge in [0.2, 0.25) is 0 Å². The predicted molar refractivity (Wildman–Crippen MR) is 127 cm³/mol. The second-order valence-corrected chi connectivity index (χ2v) is 8.04. The zero-order valence-corrected chi connectivity index (χ0v) is 17.6. The average molecular weight is 414 g/mol. The summed E-state index contributed by atoms with van der Waals surface area (Å²) in [7, 11) is 0. The quantitative estimate of drug-likeness (QED) is 0.483. The van der Waals surface area contributed by atoms with E-state index in [1.54, 1.807) is 0 Å². The molecule has 0 bridgehead atoms. The minimum atomic E-state index is -0.618. The number of benzene rings is 2. The maximum absolute atomic E-state index is 11.7. The molecule has 0 heterocycles. The number of nitrogens with two attached hydrogens (primary N) is 1. The maximum atomic E-state index is 11.7. The Bertz CT molecular complexity index is 1190. The van der Waals surface area contributed by atoms with Crippen LogP contribution in [0.1, 0.15) is 36.9 Å². The van der Waals surface area contributed by atoms with Gasteiger partial charge >= 0.3 is 0 Å². The number of nitrogens with one attached hydrogen (secondary N) is 2. The lowest BCUT2D eigenvalue weighted by Crippen LogP contribution is -2.36. The molecule has 3 aromatic rings. The summed E-state index contributed by atoms with van der Waals surface area (Å²) in [6.45, 7) is 2.22. The number of hydrogen-bond donors (Lipinski definition) is 3. The Morgan fingerprint density at radius 2 is 1.84 bits per heavy atom. The van der Waals surface area contributed by atoms with Gasteiger partial charge in [0.05, 0.1) is 0 Å². The first-order valence-electron chi connectivity index (χ1n) is 10.6. The van der Waals surface area contributed by atoms with Gasteiger partial charge in [0.15, 0.2) is 0 Å². The zero-order chi connectivity index (χ0) is 21.8. The van der Waals surface area contributed by atoms with Crippen LogP contribution in [0.5, 0.6) is 0 Å². The summed E-state index contributed by atoms with van der Waals surface area (Å²) in [5.74, 6) is 0. The van der Waals surface area contributed by atoms with Crippen molar-refractivity contribution in [3.63, 3.8) is 0 Å². The van der Waals surface area contributed by atoms with Gasteiger partial charge in [-0.25, -0.2) is 0 Å². The fourth-order valence-electron chi connectivity index (χ4n) is 4.04. The molecular weight excluding hydrogens is 386 g/mol. The van der Waals surface area contributed by atoms with Crippen molar-refractivity contribution >= 4 is 17.1 Å². The summed E-state index contributed by atoms with van der Waals surface area (Å²) in [5.41, 5.74) is 9.17. The van der Waals surface area contributed by atoms with E-state index < -0.39 is 10.9 Å². The summed E-state index contributed by atoms with van der Waals surface area (Å²) < 4.78 is 0. The van der Waals surface area contributed by atoms with E-state index in [2.05, 4.69) is 66.1 Å². The molecule has 2 atom stereocenters. The molecule has 0 aromatic heterocycles. The molecule has 1 aliphatic carbocycles. The summed E-state index contributed by atoms with van der Waals surface area (Å²) in [6, 6.07) is 18.7. The van der Waals surface area contributed by atoms with Crippen LogP contribution >= 0.6 is 0 Å². The first kappa shape index (κ1) is 20.8. The zero-order valence-electron chi connectivity index (χ0n) is 17.6. The Hall–Kier alpha value is -3.44. The summed E-state index contributed by atoms with van der Waals surface area (Å²) in [6.07, 6.45) is 9.50. The molecule has 0 spiro atoms. The molecule has 0 aliphatic heterocycles. The molecule has 5 nitrogen and oxygen atoms in total. The Labute approximate surface area is 182 Å². The molecule has 4 N–H and O–H groups in total. The monoisotopic (exact) mass is 413 g/mol. The van der Waals surface area contributed by atoms with E-state index in [0.29, 0.717) is 0 Å². The second kappa shape index (κ2) is 9.14. The fraction of sp³-hybridized carbons (Fsp3) is 0.231. The van der Waals surface area contributed by atoms with Gasteiger partial charge < -0.3 is 16.4 Å². The first-order chi connectivity index (χ1) is 15.0. The van der Waals surface area contributed by atoms with Crippen LogP contribution in [0.25, 0.3) is 0 Å². The van der Waals surface area contributed by atoms with E-state index in [4.69, 9.17) is 5.73 Å². The van der Waals surface area contributed by atoms with Gasteiger partial charge in [0, 0.05) is 17.8 Å². The molecule has 4 rings (SSSR count). The van der Waals surface area contributed by atoms with E-state index in [0.717, 1.165) is 30.5 Å². The summed E-state index contributed by atoms with van der Waals surface area (Å²) in [5, 5.41) is 6.80. The molecule has 0 fully saturated rings. The third-order valence-corrected chi connectivity index (χ3v) is 5.84. The minimum Gasteiger partial charge on any atom is -0.394 e. The van der Waals surface area contributed by atoms with Gasteiger partial charge in [0.1, 0.15) is 11.4 Å². The van der Waals surface area contributed by atoms with Crippen LogP contribution in [0, 0.1) is 0 Å². The minimum absolute atomic E-state index is 0.00265. The van der Waals surface area contributed by atoms with Crippen LogP contribution in [-0.2, 0) is 6.42 Å². The van der Waals surface area contributed by atoms with Crippen LogP contribution in [0.3, 0.4) is 0 Å². The second-order valence-electron chi connectivity index (χ2n) is 8.04. The normalized spacial score (nSPS) is 15.5. The Kier molecular flexibility index (Phi) is 6.14. The summed E-state index contributed by atoms with van der Waals surface area (Å²) >= 11 is 0. The Morgan fingerprint density at radius 1 is 1.03 bits per heavy atom. The van der Waals surface area contributed by atoms with Crippen molar-refractivity contribution in [3.05, 3.63) is 110 Å². The van der Waals surface area contributed by atoms with Gasteiger partial charge in [-0.1, -0.05) is 66.3 Å². The van der Waals surface area contributed by atoms with Crippen LogP contribution in [0.4, 0.5) is 17.1 Å². The number of hydrogen-bond acceptors (Lipinski definition) is 5. The van der Waals surface area contributed by atoms with Crippen molar-refractivity contribution in [1.29, 1.82) is 0 Å². The third kappa shape index (κ3) is 4.67. The molecule has 0 saturated carbocycles. The van der Waals surface area contributed by atoms with Crippen molar-refractivity contribution < 1.29 is 0 Å². The Morgan fingerprint density at radius 3 is 2.55 bits per heavy atom. The SMILES string of the molecule is CC(NC(Cc1cccc(Nc2c(N)c(=O)c2=O)c1)c1ccccc1)C1=CC=CCC1. The van der Waals surface area contributed by atoms with Gasteiger partial charge in [0.25, 0.3) is 10.9 Å². The lowest BCUT2D eigenvalue weighted by molar-refractivity contribution is 0.479. The molecule has 1 aliphatic rings. The van der Waals surface area contributed by atoms with E-state index in [1.807, 2.05) is 24.3 Å². The van der Waals surface area contributed by atoms with Crippen molar-refractivity contribution in [2.75, 3.05) is 11.1 Å². The molecule has 158 valence electrons. The highest BCUT2D eigenvalue weighted by Gasteiger charge is 2.20. The van der Waals surface area contributed by atoms with Crippen LogP contribution in [-0.4, -0.2) is 6.04 Å². The fourth-order valence-corrected chi connectivity index (χ4v) is 4.04. The van der Waals surface area contributed by atoms with Gasteiger partial charge in [-0.15, -0.1) is 0 Å². The van der Waals surface area contributed by atoms with E-state index >= 15 is 0 Å². The largest absolute Gasteiger partial charge is 0.394 e. The number of anilines is 3. The van der Waals surface area contributed by atoms with Crippen molar-refractivity contribution in [3.8, 4) is 0 Å². The van der Waals surface area contributed by atoms with Crippen molar-refractivity contribution in [2.24, 2.45) is 0 Å². The number of rotatable bonds is 8. The van der Waals surface area contributed by atoms with E-state index in [9.17, 15) is 9.59 Å². The lowest BCUT2D eigenvalue weighted by Gasteiger charge is -2.27. The van der Waals surface area contributed by atoms with Gasteiger partial charge in [-0.2, -0.15) is 0 Å². The molecule has 0 radical (unpaired) electrons. The standard InChI is InChI=1S/C26H27N3O2/c1-17(19-10-4-2-5-11-19)28-22(20-12-6-3-7-13-20)16-18-9-8-14-21(15-18)29-24-23(27)25(30)26(24)31/h2-4,6-10,12-15,17,22,28-29H,5,11,16,27H2,1H3. The van der Waals surface area contributed by atoms with Crippen molar-refractivity contribution in [1.82, 2.24) is 5.32 Å². The molecule has 0 saturated heterocycles. The molecule has 2 unspecified atom stereocenters. The van der Waals surface area contributed by atoms with Gasteiger partial charge in [-0.3, -0.25) is 9.59 Å². The molecule has 5 heteroatoms. The van der Waals surface area contributed by atoms with Crippen molar-refractivity contribution in [2.45, 2.75) is 38.3 Å². The van der Waals surface area contributed by atoms with Crippen LogP contribution < -0.4 is 27.2 Å². The lowest BCUT2D eigenvalue weighted by atomic mass is 9.94. The third-order valence-electron chi connectivity index (χ3n) is 5.84. The number of nitrogen functional groups attached to an aromatic ring is 1. The highest BCUT2D eigenvalue weighted by atomic mass is 16.2. The summed E-state index contributed by atoms with van der Waals surface area (Å²) in [4.78, 5) is 23.1. The van der Waals surface area contributed by atoms with Gasteiger partial charge in [-0.05, 0) is 49.4 Å². The predicted octanol–water partition coefficient (Wildman–Crippen LogP) is 4.15. The highest BCUT2D eigenvalue weighted by Crippen LogP contribution is 2.25. The molecule has 31 heavy (non-hydrogen) atoms. The number of allylic oxidation sites excluding steroid dienone is 3. The van der Waals surface area contributed by atoms with E-state index in [1.165, 1.54) is 11.1 Å². The first-order valence-corrected chi connectivity index (χ1v) is 10.6. The Balaban J connectivity index is 1.54. The topological polar surface area (TPSA) is 84.2 Å². The van der Waals surface area contributed by atoms with Crippen LogP contribution in [0.15, 0.2) is 88.0 Å². The van der Waals surface area contributed by atoms with E-state index in [-0.39, 0.29) is 23.5 Å². The highest BCUT2D eigenvalue weighted by molar-refractivity contribution is 5.76. The maximum Gasteiger partial charge on any atom is 0.253 e. The smallest absolute Gasteiger partial charge is 0.253 e. The molecular formula is C26H27N3O2. The molecule has 3 aromatic carbocycles. The van der Waals surface area contributed by atoms with Crippen LogP contribution in [0.2, 0.25) is 0 Å². The molecule has 0 amide bonds. The average Bonchev–Trinajstić information content (AvgIpc) is 2.82.